The summed E-state index contributed by atoms with van der Waals surface area (Å²) in [6, 6.07) is 6.10. The summed E-state index contributed by atoms with van der Waals surface area (Å²) < 4.78 is 54.1. The Balaban J connectivity index is 2.36. The van der Waals surface area contributed by atoms with Crippen LogP contribution in [0.2, 0.25) is 0 Å². The summed E-state index contributed by atoms with van der Waals surface area (Å²) >= 11 is 0. The highest BCUT2D eigenvalue weighted by atomic mass is 32.2. The predicted octanol–water partition coefficient (Wildman–Crippen LogP) is 1.11. The SMILES string of the molecule is Cc1occc1C(=O)NS(=O)(=O)c1cccc(S(C)(=O)=O)c1. The van der Waals surface area contributed by atoms with Crippen LogP contribution < -0.4 is 4.72 Å². The van der Waals surface area contributed by atoms with Crippen LogP contribution in [0.1, 0.15) is 16.1 Å². The van der Waals surface area contributed by atoms with Gasteiger partial charge >= 0.3 is 0 Å². The molecule has 118 valence electrons. The van der Waals surface area contributed by atoms with Gasteiger partial charge in [0.1, 0.15) is 5.76 Å². The van der Waals surface area contributed by atoms with Crippen LogP contribution >= 0.6 is 0 Å². The molecule has 0 radical (unpaired) electrons. The van der Waals surface area contributed by atoms with E-state index in [2.05, 4.69) is 0 Å². The van der Waals surface area contributed by atoms with Gasteiger partial charge in [-0.05, 0) is 31.2 Å². The van der Waals surface area contributed by atoms with Crippen molar-refractivity contribution >= 4 is 25.8 Å². The number of amides is 1. The maximum atomic E-state index is 12.2. The van der Waals surface area contributed by atoms with E-state index in [0.717, 1.165) is 12.3 Å². The highest BCUT2D eigenvalue weighted by Gasteiger charge is 2.22. The first-order valence-electron chi connectivity index (χ1n) is 6.02. The topological polar surface area (TPSA) is 111 Å². The number of carbonyl (C=O) groups is 1. The van der Waals surface area contributed by atoms with E-state index < -0.39 is 25.8 Å². The molecule has 1 aromatic carbocycles. The molecule has 0 spiro atoms. The van der Waals surface area contributed by atoms with Gasteiger partial charge in [-0.15, -0.1) is 0 Å². The Morgan fingerprint density at radius 3 is 2.27 bits per heavy atom. The number of hydrogen-bond acceptors (Lipinski definition) is 6. The minimum absolute atomic E-state index is 0.0860. The molecule has 1 amide bonds. The molecular weight excluding hydrogens is 330 g/mol. The summed E-state index contributed by atoms with van der Waals surface area (Å²) in [7, 11) is -7.75. The first-order valence-corrected chi connectivity index (χ1v) is 9.40. The van der Waals surface area contributed by atoms with Crippen molar-refractivity contribution in [1.29, 1.82) is 0 Å². The van der Waals surface area contributed by atoms with Gasteiger partial charge in [0.15, 0.2) is 9.84 Å². The van der Waals surface area contributed by atoms with Crippen molar-refractivity contribution < 1.29 is 26.0 Å². The van der Waals surface area contributed by atoms with Crippen molar-refractivity contribution in [2.45, 2.75) is 16.7 Å². The van der Waals surface area contributed by atoms with Crippen LogP contribution in [0.4, 0.5) is 0 Å². The van der Waals surface area contributed by atoms with Crippen LogP contribution in [0, 0.1) is 6.92 Å². The van der Waals surface area contributed by atoms with Gasteiger partial charge in [0, 0.05) is 6.26 Å². The number of furan rings is 1. The van der Waals surface area contributed by atoms with Crippen LogP contribution in [-0.4, -0.2) is 29.0 Å². The Labute approximate surface area is 127 Å². The summed E-state index contributed by atoms with van der Waals surface area (Å²) in [5, 5.41) is 0. The van der Waals surface area contributed by atoms with Gasteiger partial charge in [-0.2, -0.15) is 0 Å². The molecule has 0 bridgehead atoms. The van der Waals surface area contributed by atoms with E-state index in [9.17, 15) is 21.6 Å². The van der Waals surface area contributed by atoms with Crippen molar-refractivity contribution in [3.05, 3.63) is 47.9 Å². The molecule has 0 atom stereocenters. The zero-order valence-corrected chi connectivity index (χ0v) is 13.4. The lowest BCUT2D eigenvalue weighted by Gasteiger charge is -2.07. The molecule has 2 aromatic rings. The zero-order valence-electron chi connectivity index (χ0n) is 11.7. The fourth-order valence-electron chi connectivity index (χ4n) is 1.73. The van der Waals surface area contributed by atoms with Gasteiger partial charge in [0.25, 0.3) is 15.9 Å². The van der Waals surface area contributed by atoms with E-state index >= 15 is 0 Å². The summed E-state index contributed by atoms with van der Waals surface area (Å²) in [5.74, 6) is -0.575. The minimum Gasteiger partial charge on any atom is -0.469 e. The number of nitrogens with one attached hydrogen (secondary N) is 1. The fourth-order valence-corrected chi connectivity index (χ4v) is 3.48. The number of carbonyl (C=O) groups excluding carboxylic acids is 1. The zero-order chi connectivity index (χ0) is 16.5. The third-order valence-electron chi connectivity index (χ3n) is 2.87. The van der Waals surface area contributed by atoms with E-state index in [1.807, 2.05) is 4.72 Å². The molecule has 0 saturated carbocycles. The number of sulfonamides is 1. The van der Waals surface area contributed by atoms with E-state index in [-0.39, 0.29) is 21.1 Å². The molecule has 22 heavy (non-hydrogen) atoms. The monoisotopic (exact) mass is 343 g/mol. The largest absolute Gasteiger partial charge is 0.469 e. The second kappa shape index (κ2) is 5.58. The third-order valence-corrected chi connectivity index (χ3v) is 5.31. The fraction of sp³-hybridized carbons (Fsp3) is 0.154. The highest BCUT2D eigenvalue weighted by molar-refractivity contribution is 7.91. The smallest absolute Gasteiger partial charge is 0.268 e. The summed E-state index contributed by atoms with van der Waals surface area (Å²) in [5.41, 5.74) is 0.0860. The Bertz CT molecular complexity index is 925. The third kappa shape index (κ3) is 3.37. The lowest BCUT2D eigenvalue weighted by Crippen LogP contribution is -2.30. The summed E-state index contributed by atoms with van der Waals surface area (Å²) in [4.78, 5) is 11.5. The van der Waals surface area contributed by atoms with Crippen LogP contribution in [0.5, 0.6) is 0 Å². The minimum atomic E-state index is -4.19. The average molecular weight is 343 g/mol. The number of aryl methyl sites for hydroxylation is 1. The lowest BCUT2D eigenvalue weighted by atomic mass is 10.2. The van der Waals surface area contributed by atoms with Gasteiger partial charge in [0.05, 0.1) is 21.6 Å². The second-order valence-electron chi connectivity index (χ2n) is 4.57. The first kappa shape index (κ1) is 16.2. The van der Waals surface area contributed by atoms with Gasteiger partial charge in [-0.3, -0.25) is 4.79 Å². The van der Waals surface area contributed by atoms with Crippen LogP contribution in [0.3, 0.4) is 0 Å². The van der Waals surface area contributed by atoms with Crippen molar-refractivity contribution in [2.75, 3.05) is 6.26 Å². The molecule has 0 unspecified atom stereocenters. The molecule has 7 nitrogen and oxygen atoms in total. The number of sulfone groups is 1. The van der Waals surface area contributed by atoms with Gasteiger partial charge < -0.3 is 4.42 Å². The number of hydrogen-bond donors (Lipinski definition) is 1. The highest BCUT2D eigenvalue weighted by Crippen LogP contribution is 2.16. The van der Waals surface area contributed by atoms with Crippen molar-refractivity contribution in [3.63, 3.8) is 0 Å². The second-order valence-corrected chi connectivity index (χ2v) is 8.27. The average Bonchev–Trinajstić information content (AvgIpc) is 2.84. The van der Waals surface area contributed by atoms with Crippen molar-refractivity contribution in [3.8, 4) is 0 Å². The Morgan fingerprint density at radius 1 is 1.09 bits per heavy atom. The van der Waals surface area contributed by atoms with Gasteiger partial charge in [-0.25, -0.2) is 21.6 Å². The molecule has 1 N–H and O–H groups in total. The maximum Gasteiger partial charge on any atom is 0.268 e. The first-order chi connectivity index (χ1) is 10.1. The van der Waals surface area contributed by atoms with Crippen molar-refractivity contribution in [2.24, 2.45) is 0 Å². The van der Waals surface area contributed by atoms with E-state index in [1.165, 1.54) is 37.5 Å². The summed E-state index contributed by atoms with van der Waals surface area (Å²) in [6.07, 6.45) is 2.23. The number of rotatable bonds is 4. The molecular formula is C13H13NO6S2. The predicted molar refractivity (Wildman–Crippen MR) is 77.6 cm³/mol. The van der Waals surface area contributed by atoms with Crippen LogP contribution in [0.15, 0.2) is 50.8 Å². The quantitative estimate of drug-likeness (QED) is 0.890. The normalized spacial score (nSPS) is 12.1. The lowest BCUT2D eigenvalue weighted by molar-refractivity contribution is 0.0980. The molecule has 1 aromatic heterocycles. The molecule has 0 aliphatic heterocycles. The van der Waals surface area contributed by atoms with Gasteiger partial charge in [0.2, 0.25) is 0 Å². The van der Waals surface area contributed by atoms with Crippen LogP contribution in [-0.2, 0) is 19.9 Å². The van der Waals surface area contributed by atoms with Crippen LogP contribution in [0.25, 0.3) is 0 Å². The van der Waals surface area contributed by atoms with Gasteiger partial charge in [-0.1, -0.05) is 6.07 Å². The Hall–Kier alpha value is -2.13. The molecule has 1 heterocycles. The molecule has 0 fully saturated rings. The molecule has 9 heteroatoms. The molecule has 0 saturated heterocycles. The standard InChI is InChI=1S/C13H13NO6S2/c1-9-12(6-7-20-9)13(15)14-22(18,19)11-5-3-4-10(8-11)21(2,16)17/h3-8H,1-2H3,(H,14,15). The van der Waals surface area contributed by atoms with E-state index in [4.69, 9.17) is 4.42 Å². The van der Waals surface area contributed by atoms with Crippen molar-refractivity contribution in [1.82, 2.24) is 4.72 Å². The molecule has 0 aliphatic rings. The number of benzene rings is 1. The Kier molecular flexibility index (Phi) is 4.12. The van der Waals surface area contributed by atoms with E-state index in [1.54, 1.807) is 0 Å². The van der Waals surface area contributed by atoms with E-state index in [0.29, 0.717) is 0 Å². The summed E-state index contributed by atoms with van der Waals surface area (Å²) in [6.45, 7) is 1.52. The Morgan fingerprint density at radius 2 is 1.73 bits per heavy atom. The maximum absolute atomic E-state index is 12.2. The molecule has 2 rings (SSSR count). The molecule has 0 aliphatic carbocycles.